The van der Waals surface area contributed by atoms with Crippen LogP contribution in [0.5, 0.6) is 0 Å². The summed E-state index contributed by atoms with van der Waals surface area (Å²) >= 11 is 0. The molecule has 0 atom stereocenters. The SMILES string of the molecule is CCCCCCCC1CCC(C2CCC(CCCC)CC2)CC1. The van der Waals surface area contributed by atoms with Gasteiger partial charge in [-0.15, -0.1) is 0 Å². The molecular formula is C23H44. The molecule has 0 radical (unpaired) electrons. The summed E-state index contributed by atoms with van der Waals surface area (Å²) in [5.74, 6) is 4.40. The van der Waals surface area contributed by atoms with Gasteiger partial charge in [0.2, 0.25) is 0 Å². The van der Waals surface area contributed by atoms with Crippen LogP contribution in [0.1, 0.15) is 123 Å². The Balaban J connectivity index is 1.54. The van der Waals surface area contributed by atoms with E-state index in [0.29, 0.717) is 0 Å². The van der Waals surface area contributed by atoms with Gasteiger partial charge in [0.05, 0.1) is 0 Å². The second kappa shape index (κ2) is 11.5. The van der Waals surface area contributed by atoms with Crippen LogP contribution in [0.3, 0.4) is 0 Å². The minimum absolute atomic E-state index is 1.09. The van der Waals surface area contributed by atoms with Crippen molar-refractivity contribution < 1.29 is 0 Å². The Morgan fingerprint density at radius 3 is 1.39 bits per heavy atom. The number of hydrogen-bond acceptors (Lipinski definition) is 0. The van der Waals surface area contributed by atoms with E-state index in [-0.39, 0.29) is 0 Å². The zero-order chi connectivity index (χ0) is 16.3. The van der Waals surface area contributed by atoms with E-state index in [1.807, 2.05) is 0 Å². The van der Waals surface area contributed by atoms with Crippen LogP contribution >= 0.6 is 0 Å². The number of unbranched alkanes of at least 4 members (excludes halogenated alkanes) is 5. The van der Waals surface area contributed by atoms with Gasteiger partial charge < -0.3 is 0 Å². The molecule has 0 nitrogen and oxygen atoms in total. The third kappa shape index (κ3) is 7.18. The van der Waals surface area contributed by atoms with Crippen LogP contribution in [-0.2, 0) is 0 Å². The van der Waals surface area contributed by atoms with E-state index >= 15 is 0 Å². The molecule has 0 amide bonds. The third-order valence-corrected chi connectivity index (χ3v) is 7.13. The maximum atomic E-state index is 2.34. The maximum absolute atomic E-state index is 2.34. The first-order chi connectivity index (χ1) is 11.3. The van der Waals surface area contributed by atoms with Crippen LogP contribution < -0.4 is 0 Å². The van der Waals surface area contributed by atoms with Crippen molar-refractivity contribution >= 4 is 0 Å². The van der Waals surface area contributed by atoms with Crippen molar-refractivity contribution in [3.05, 3.63) is 0 Å². The molecule has 0 saturated heterocycles. The molecule has 23 heavy (non-hydrogen) atoms. The van der Waals surface area contributed by atoms with Gasteiger partial charge >= 0.3 is 0 Å². The van der Waals surface area contributed by atoms with Gasteiger partial charge in [-0.25, -0.2) is 0 Å². The second-order valence-corrected chi connectivity index (χ2v) is 8.91. The molecule has 0 spiro atoms. The summed E-state index contributed by atoms with van der Waals surface area (Å²) < 4.78 is 0. The standard InChI is InChI=1S/C23H44/c1-3-5-7-8-9-11-21-14-18-23(19-15-21)22-16-12-20(13-17-22)10-6-4-2/h20-23H,3-19H2,1-2H3. The van der Waals surface area contributed by atoms with E-state index in [1.54, 1.807) is 57.8 Å². The Bertz CT molecular complexity index is 266. The van der Waals surface area contributed by atoms with Gasteiger partial charge in [-0.3, -0.25) is 0 Å². The molecule has 0 heterocycles. The van der Waals surface area contributed by atoms with Gasteiger partial charge in [0.25, 0.3) is 0 Å². The Labute approximate surface area is 147 Å². The summed E-state index contributed by atoms with van der Waals surface area (Å²) in [5.41, 5.74) is 0. The van der Waals surface area contributed by atoms with E-state index in [4.69, 9.17) is 0 Å². The highest BCUT2D eigenvalue weighted by atomic mass is 14.4. The summed E-state index contributed by atoms with van der Waals surface area (Å²) in [5, 5.41) is 0. The minimum atomic E-state index is 1.09. The van der Waals surface area contributed by atoms with Crippen molar-refractivity contribution in [3.63, 3.8) is 0 Å². The molecule has 0 N–H and O–H groups in total. The number of hydrogen-bond donors (Lipinski definition) is 0. The predicted octanol–water partition coefficient (Wildman–Crippen LogP) is 8.15. The first-order valence-corrected chi connectivity index (χ1v) is 11.3. The predicted molar refractivity (Wildman–Crippen MR) is 104 cm³/mol. The Morgan fingerprint density at radius 1 is 0.478 bits per heavy atom. The third-order valence-electron chi connectivity index (χ3n) is 7.13. The smallest absolute Gasteiger partial charge is 0.0386 e. The second-order valence-electron chi connectivity index (χ2n) is 8.91. The quantitative estimate of drug-likeness (QED) is 0.356. The van der Waals surface area contributed by atoms with Gasteiger partial charge in [0.15, 0.2) is 0 Å². The Hall–Kier alpha value is 0. The van der Waals surface area contributed by atoms with E-state index in [9.17, 15) is 0 Å². The molecular weight excluding hydrogens is 276 g/mol. The largest absolute Gasteiger partial charge is 0.0654 e. The molecule has 2 aliphatic carbocycles. The molecule has 0 bridgehead atoms. The highest BCUT2D eigenvalue weighted by Gasteiger charge is 2.30. The average Bonchev–Trinajstić information content (AvgIpc) is 2.61. The Morgan fingerprint density at radius 2 is 0.913 bits per heavy atom. The van der Waals surface area contributed by atoms with Gasteiger partial charge in [0.1, 0.15) is 0 Å². The van der Waals surface area contributed by atoms with Crippen molar-refractivity contribution in [1.82, 2.24) is 0 Å². The lowest BCUT2D eigenvalue weighted by atomic mass is 9.68. The zero-order valence-corrected chi connectivity index (χ0v) is 16.3. The van der Waals surface area contributed by atoms with Crippen molar-refractivity contribution in [3.8, 4) is 0 Å². The van der Waals surface area contributed by atoms with Gasteiger partial charge in [-0.2, -0.15) is 0 Å². The molecule has 0 aliphatic heterocycles. The lowest BCUT2D eigenvalue weighted by molar-refractivity contribution is 0.139. The fourth-order valence-electron chi connectivity index (χ4n) is 5.43. The summed E-state index contributed by atoms with van der Waals surface area (Å²) in [7, 11) is 0. The molecule has 2 fully saturated rings. The first kappa shape index (κ1) is 19.3. The van der Waals surface area contributed by atoms with Crippen LogP contribution in [0.4, 0.5) is 0 Å². The topological polar surface area (TPSA) is 0 Å². The van der Waals surface area contributed by atoms with E-state index in [1.165, 1.54) is 51.4 Å². The average molecular weight is 321 g/mol. The highest BCUT2D eigenvalue weighted by Crippen LogP contribution is 2.43. The van der Waals surface area contributed by atoms with E-state index in [2.05, 4.69) is 13.8 Å². The monoisotopic (exact) mass is 320 g/mol. The lowest BCUT2D eigenvalue weighted by Crippen LogP contribution is -2.25. The molecule has 0 aromatic rings. The molecule has 2 aliphatic rings. The molecule has 0 aromatic heterocycles. The van der Waals surface area contributed by atoms with Crippen molar-refractivity contribution in [2.24, 2.45) is 23.7 Å². The van der Waals surface area contributed by atoms with Crippen molar-refractivity contribution in [1.29, 1.82) is 0 Å². The van der Waals surface area contributed by atoms with E-state index in [0.717, 1.165) is 23.7 Å². The van der Waals surface area contributed by atoms with Crippen molar-refractivity contribution in [2.75, 3.05) is 0 Å². The summed E-state index contributed by atoms with van der Waals surface area (Å²) in [6.07, 6.45) is 25.8. The lowest BCUT2D eigenvalue weighted by Gasteiger charge is -2.38. The van der Waals surface area contributed by atoms with Crippen LogP contribution in [0, 0.1) is 23.7 Å². The van der Waals surface area contributed by atoms with Gasteiger partial charge in [-0.1, -0.05) is 97.3 Å². The van der Waals surface area contributed by atoms with Crippen LogP contribution in [0.2, 0.25) is 0 Å². The van der Waals surface area contributed by atoms with E-state index < -0.39 is 0 Å². The highest BCUT2D eigenvalue weighted by molar-refractivity contribution is 4.82. The molecule has 2 rings (SSSR count). The normalized spacial score (nSPS) is 32.1. The fourth-order valence-corrected chi connectivity index (χ4v) is 5.43. The fraction of sp³-hybridized carbons (Fsp3) is 1.00. The Kier molecular flexibility index (Phi) is 9.69. The van der Waals surface area contributed by atoms with Crippen LogP contribution in [0.15, 0.2) is 0 Å². The van der Waals surface area contributed by atoms with Crippen LogP contribution in [0.25, 0.3) is 0 Å². The summed E-state index contributed by atoms with van der Waals surface area (Å²) in [6, 6.07) is 0. The molecule has 136 valence electrons. The molecule has 0 aromatic carbocycles. The molecule has 0 unspecified atom stereocenters. The minimum Gasteiger partial charge on any atom is -0.0654 e. The molecule has 0 heteroatoms. The first-order valence-electron chi connectivity index (χ1n) is 11.3. The van der Waals surface area contributed by atoms with Gasteiger partial charge in [-0.05, 0) is 49.4 Å². The summed E-state index contributed by atoms with van der Waals surface area (Å²) in [4.78, 5) is 0. The number of rotatable bonds is 10. The van der Waals surface area contributed by atoms with Gasteiger partial charge in [0, 0.05) is 0 Å². The maximum Gasteiger partial charge on any atom is -0.0386 e. The van der Waals surface area contributed by atoms with Crippen molar-refractivity contribution in [2.45, 2.75) is 123 Å². The summed E-state index contributed by atoms with van der Waals surface area (Å²) in [6.45, 7) is 4.66. The molecule has 2 saturated carbocycles. The van der Waals surface area contributed by atoms with Crippen LogP contribution in [-0.4, -0.2) is 0 Å². The zero-order valence-electron chi connectivity index (χ0n) is 16.3.